The standard InChI is InChI=1S/C14H17F3N2O2S/c1-22-8-10-4-6-19(7-10)13(20)12-11(3-2-5-18-12)21-9-14(15,16)17/h2-3,5,10H,4,6-9H2,1H3/t10-/m0/s1. The molecule has 1 aliphatic rings. The molecule has 122 valence electrons. The number of halogens is 3. The van der Waals surface area contributed by atoms with Crippen LogP contribution in [0.25, 0.3) is 0 Å². The lowest BCUT2D eigenvalue weighted by Crippen LogP contribution is -2.30. The lowest BCUT2D eigenvalue weighted by Gasteiger charge is -2.18. The molecule has 1 saturated heterocycles. The fraction of sp³-hybridized carbons (Fsp3) is 0.571. The second kappa shape index (κ2) is 7.21. The molecule has 1 aromatic heterocycles. The van der Waals surface area contributed by atoms with Crippen LogP contribution in [0.1, 0.15) is 16.9 Å². The Morgan fingerprint density at radius 3 is 3.00 bits per heavy atom. The number of rotatable bonds is 5. The second-order valence-electron chi connectivity index (χ2n) is 5.12. The molecule has 2 rings (SSSR count). The molecule has 0 unspecified atom stereocenters. The minimum absolute atomic E-state index is 0.0587. The first-order valence-corrected chi connectivity index (χ1v) is 8.23. The lowest BCUT2D eigenvalue weighted by atomic mass is 10.2. The molecule has 4 nitrogen and oxygen atoms in total. The van der Waals surface area contributed by atoms with E-state index in [1.165, 1.54) is 18.3 Å². The van der Waals surface area contributed by atoms with Crippen molar-refractivity contribution in [2.75, 3.05) is 31.7 Å². The van der Waals surface area contributed by atoms with Gasteiger partial charge >= 0.3 is 6.18 Å². The first kappa shape index (κ1) is 16.9. The first-order valence-electron chi connectivity index (χ1n) is 6.83. The number of pyridine rings is 1. The van der Waals surface area contributed by atoms with Gasteiger partial charge in [-0.05, 0) is 36.5 Å². The van der Waals surface area contributed by atoms with Crippen molar-refractivity contribution in [3.8, 4) is 5.75 Å². The molecule has 0 saturated carbocycles. The van der Waals surface area contributed by atoms with E-state index in [9.17, 15) is 18.0 Å². The third kappa shape index (κ3) is 4.53. The number of likely N-dealkylation sites (tertiary alicyclic amines) is 1. The van der Waals surface area contributed by atoms with Gasteiger partial charge in [-0.15, -0.1) is 0 Å². The normalized spacial score (nSPS) is 18.5. The summed E-state index contributed by atoms with van der Waals surface area (Å²) in [5.41, 5.74) is -0.0587. The Bertz CT molecular complexity index is 525. The third-order valence-electron chi connectivity index (χ3n) is 3.34. The van der Waals surface area contributed by atoms with Crippen LogP contribution in [0.15, 0.2) is 18.3 Å². The number of carbonyl (C=O) groups is 1. The van der Waals surface area contributed by atoms with E-state index in [1.807, 2.05) is 6.26 Å². The van der Waals surface area contributed by atoms with Crippen LogP contribution in [0.5, 0.6) is 5.75 Å². The van der Waals surface area contributed by atoms with E-state index in [1.54, 1.807) is 16.7 Å². The summed E-state index contributed by atoms with van der Waals surface area (Å²) in [5.74, 6) is 0.880. The van der Waals surface area contributed by atoms with Crippen LogP contribution < -0.4 is 4.74 Å². The minimum Gasteiger partial charge on any atom is -0.482 e. The van der Waals surface area contributed by atoms with Gasteiger partial charge in [0.2, 0.25) is 0 Å². The number of hydrogen-bond acceptors (Lipinski definition) is 4. The van der Waals surface area contributed by atoms with E-state index in [0.29, 0.717) is 19.0 Å². The summed E-state index contributed by atoms with van der Waals surface area (Å²) in [6.45, 7) is -0.234. The molecule has 1 aliphatic heterocycles. The Morgan fingerprint density at radius 2 is 2.32 bits per heavy atom. The highest BCUT2D eigenvalue weighted by atomic mass is 32.2. The smallest absolute Gasteiger partial charge is 0.422 e. The van der Waals surface area contributed by atoms with Crippen LogP contribution in [0.4, 0.5) is 13.2 Å². The highest BCUT2D eigenvalue weighted by molar-refractivity contribution is 7.98. The summed E-state index contributed by atoms with van der Waals surface area (Å²) in [6, 6.07) is 2.78. The maximum absolute atomic E-state index is 12.4. The van der Waals surface area contributed by atoms with E-state index in [4.69, 9.17) is 4.74 Å². The lowest BCUT2D eigenvalue weighted by molar-refractivity contribution is -0.153. The number of thioether (sulfide) groups is 1. The van der Waals surface area contributed by atoms with Crippen molar-refractivity contribution in [3.63, 3.8) is 0 Å². The van der Waals surface area contributed by atoms with Gasteiger partial charge in [0, 0.05) is 19.3 Å². The molecule has 1 atom stereocenters. The average molecular weight is 334 g/mol. The van der Waals surface area contributed by atoms with Crippen molar-refractivity contribution in [1.29, 1.82) is 0 Å². The third-order valence-corrected chi connectivity index (χ3v) is 4.14. The molecule has 1 aromatic rings. The minimum atomic E-state index is -4.45. The van der Waals surface area contributed by atoms with Crippen molar-refractivity contribution in [2.45, 2.75) is 12.6 Å². The van der Waals surface area contributed by atoms with Crippen LogP contribution in [0, 0.1) is 5.92 Å². The maximum Gasteiger partial charge on any atom is 0.422 e. The van der Waals surface area contributed by atoms with Gasteiger partial charge in [0.25, 0.3) is 5.91 Å². The number of hydrogen-bond donors (Lipinski definition) is 0. The Labute approximate surface area is 131 Å². The van der Waals surface area contributed by atoms with Gasteiger partial charge < -0.3 is 9.64 Å². The van der Waals surface area contributed by atoms with Crippen molar-refractivity contribution >= 4 is 17.7 Å². The Morgan fingerprint density at radius 1 is 1.55 bits per heavy atom. The summed E-state index contributed by atoms with van der Waals surface area (Å²) in [6.07, 6.45) is -0.166. The topological polar surface area (TPSA) is 42.4 Å². The van der Waals surface area contributed by atoms with Crippen LogP contribution in [0.2, 0.25) is 0 Å². The molecule has 0 spiro atoms. The van der Waals surface area contributed by atoms with Gasteiger partial charge in [-0.25, -0.2) is 4.98 Å². The predicted molar refractivity (Wildman–Crippen MR) is 78.2 cm³/mol. The van der Waals surface area contributed by atoms with Gasteiger partial charge in [0.1, 0.15) is 0 Å². The molecular formula is C14H17F3N2O2S. The van der Waals surface area contributed by atoms with Crippen LogP contribution in [-0.4, -0.2) is 53.7 Å². The molecule has 0 aliphatic carbocycles. The molecule has 0 radical (unpaired) electrons. The molecule has 0 aromatic carbocycles. The van der Waals surface area contributed by atoms with Crippen LogP contribution >= 0.6 is 11.8 Å². The number of nitrogens with zero attached hydrogens (tertiary/aromatic N) is 2. The zero-order valence-corrected chi connectivity index (χ0v) is 12.9. The quantitative estimate of drug-likeness (QED) is 0.830. The zero-order valence-electron chi connectivity index (χ0n) is 12.1. The zero-order chi connectivity index (χ0) is 16.2. The van der Waals surface area contributed by atoms with Gasteiger partial charge in [-0.2, -0.15) is 24.9 Å². The highest BCUT2D eigenvalue weighted by Crippen LogP contribution is 2.25. The fourth-order valence-electron chi connectivity index (χ4n) is 2.37. The van der Waals surface area contributed by atoms with E-state index in [-0.39, 0.29) is 17.4 Å². The molecule has 0 N–H and O–H groups in total. The van der Waals surface area contributed by atoms with Gasteiger partial charge in [0.05, 0.1) is 0 Å². The molecule has 8 heteroatoms. The van der Waals surface area contributed by atoms with Crippen LogP contribution in [0.3, 0.4) is 0 Å². The summed E-state index contributed by atoms with van der Waals surface area (Å²) in [5, 5.41) is 0. The maximum atomic E-state index is 12.4. The molecule has 22 heavy (non-hydrogen) atoms. The summed E-state index contributed by atoms with van der Waals surface area (Å²) in [4.78, 5) is 18.0. The molecule has 1 fully saturated rings. The summed E-state index contributed by atoms with van der Waals surface area (Å²) < 4.78 is 41.5. The Kier molecular flexibility index (Phi) is 5.55. The number of carbonyl (C=O) groups excluding carboxylic acids is 1. The molecule has 1 amide bonds. The largest absolute Gasteiger partial charge is 0.482 e. The van der Waals surface area contributed by atoms with E-state index >= 15 is 0 Å². The second-order valence-corrected chi connectivity index (χ2v) is 6.03. The Hall–Kier alpha value is -1.44. The average Bonchev–Trinajstić information content (AvgIpc) is 2.93. The monoisotopic (exact) mass is 334 g/mol. The number of ether oxygens (including phenoxy) is 1. The van der Waals surface area contributed by atoms with Crippen LogP contribution in [-0.2, 0) is 0 Å². The number of alkyl halides is 3. The van der Waals surface area contributed by atoms with Gasteiger partial charge in [0.15, 0.2) is 18.1 Å². The van der Waals surface area contributed by atoms with Crippen molar-refractivity contribution in [2.24, 2.45) is 5.92 Å². The Balaban J connectivity index is 2.07. The summed E-state index contributed by atoms with van der Waals surface area (Å²) in [7, 11) is 0. The first-order chi connectivity index (χ1) is 10.4. The highest BCUT2D eigenvalue weighted by Gasteiger charge is 2.31. The molecule has 2 heterocycles. The molecule has 0 bridgehead atoms. The van der Waals surface area contributed by atoms with Crippen molar-refractivity contribution < 1.29 is 22.7 Å². The van der Waals surface area contributed by atoms with Gasteiger partial charge in [-0.1, -0.05) is 0 Å². The van der Waals surface area contributed by atoms with E-state index in [2.05, 4.69) is 4.98 Å². The number of aromatic nitrogens is 1. The summed E-state index contributed by atoms with van der Waals surface area (Å²) >= 11 is 1.72. The van der Waals surface area contributed by atoms with E-state index in [0.717, 1.165) is 12.2 Å². The van der Waals surface area contributed by atoms with Crippen molar-refractivity contribution in [1.82, 2.24) is 9.88 Å². The SMILES string of the molecule is CSC[C@H]1CCN(C(=O)c2ncccc2OCC(F)(F)F)C1. The van der Waals surface area contributed by atoms with E-state index < -0.39 is 12.8 Å². The van der Waals surface area contributed by atoms with Gasteiger partial charge in [-0.3, -0.25) is 4.79 Å². The van der Waals surface area contributed by atoms with Crippen molar-refractivity contribution in [3.05, 3.63) is 24.0 Å². The number of amides is 1. The predicted octanol–water partition coefficient (Wildman–Crippen LogP) is 2.85. The fourth-order valence-corrected chi connectivity index (χ4v) is 3.11. The molecular weight excluding hydrogens is 317 g/mol.